The Labute approximate surface area is 125 Å². The highest BCUT2D eigenvalue weighted by atomic mass is 16.3. The molecule has 0 aliphatic heterocycles. The van der Waals surface area contributed by atoms with Gasteiger partial charge in [-0.25, -0.2) is 0 Å². The van der Waals surface area contributed by atoms with E-state index in [-0.39, 0.29) is 12.5 Å². The maximum absolute atomic E-state index is 12.5. The predicted octanol–water partition coefficient (Wildman–Crippen LogP) is 1.68. The van der Waals surface area contributed by atoms with Crippen LogP contribution >= 0.6 is 0 Å². The lowest BCUT2D eigenvalue weighted by Crippen LogP contribution is -2.45. The van der Waals surface area contributed by atoms with Crippen LogP contribution in [-0.2, 0) is 0 Å². The van der Waals surface area contributed by atoms with E-state index in [4.69, 9.17) is 5.11 Å². The van der Waals surface area contributed by atoms with Crippen molar-refractivity contribution in [3.05, 3.63) is 17.8 Å². The lowest BCUT2D eigenvalue weighted by Gasteiger charge is -2.37. The predicted molar refractivity (Wildman–Crippen MR) is 81.2 cm³/mol. The van der Waals surface area contributed by atoms with Crippen LogP contribution in [0, 0.1) is 0 Å². The minimum absolute atomic E-state index is 0.0808. The molecule has 21 heavy (non-hydrogen) atoms. The summed E-state index contributed by atoms with van der Waals surface area (Å²) in [5.74, 6) is 0.613. The summed E-state index contributed by atoms with van der Waals surface area (Å²) in [5.41, 5.74) is 0.377. The van der Waals surface area contributed by atoms with Crippen molar-refractivity contribution in [2.24, 2.45) is 0 Å². The van der Waals surface area contributed by atoms with Crippen molar-refractivity contribution in [1.29, 1.82) is 0 Å². The minimum atomic E-state index is -0.0808. The largest absolute Gasteiger partial charge is 0.396 e. The first-order valence-electron chi connectivity index (χ1n) is 7.75. The first-order valence-corrected chi connectivity index (χ1v) is 7.75. The molecule has 0 radical (unpaired) electrons. The smallest absolute Gasteiger partial charge is 0.274 e. The van der Waals surface area contributed by atoms with E-state index < -0.39 is 0 Å². The number of nitrogens with one attached hydrogen (secondary N) is 1. The van der Waals surface area contributed by atoms with Gasteiger partial charge in [0.2, 0.25) is 0 Å². The molecule has 6 nitrogen and oxygen atoms in total. The quantitative estimate of drug-likeness (QED) is 0.762. The molecule has 0 atom stereocenters. The van der Waals surface area contributed by atoms with Gasteiger partial charge in [0.05, 0.1) is 0 Å². The number of nitrogens with zero attached hydrogens (tertiary/aromatic N) is 3. The molecule has 6 heteroatoms. The van der Waals surface area contributed by atoms with Crippen LogP contribution in [0.3, 0.4) is 0 Å². The maximum Gasteiger partial charge on any atom is 0.274 e. The molecule has 0 spiro atoms. The Kier molecular flexibility index (Phi) is 5.92. The number of aliphatic hydroxyl groups excluding tert-OH is 1. The van der Waals surface area contributed by atoms with Gasteiger partial charge in [0.25, 0.3) is 5.91 Å². The molecular weight excluding hydrogens is 268 g/mol. The Balaban J connectivity index is 2.01. The third-order valence-corrected chi connectivity index (χ3v) is 3.77. The van der Waals surface area contributed by atoms with Crippen molar-refractivity contribution in [2.45, 2.75) is 45.1 Å². The van der Waals surface area contributed by atoms with Crippen LogP contribution in [-0.4, -0.2) is 51.8 Å². The first-order chi connectivity index (χ1) is 10.3. The number of carbonyl (C=O) groups excluding carboxylic acids is 1. The van der Waals surface area contributed by atoms with E-state index in [9.17, 15) is 4.79 Å². The summed E-state index contributed by atoms with van der Waals surface area (Å²) < 4.78 is 0. The second kappa shape index (κ2) is 7.93. The highest BCUT2D eigenvalue weighted by Crippen LogP contribution is 2.26. The summed E-state index contributed by atoms with van der Waals surface area (Å²) in [7, 11) is 0. The summed E-state index contributed by atoms with van der Waals surface area (Å²) in [6.07, 6.45) is 4.87. The van der Waals surface area contributed by atoms with Crippen molar-refractivity contribution >= 4 is 11.7 Å². The number of aliphatic hydroxyl groups is 1. The van der Waals surface area contributed by atoms with Gasteiger partial charge in [0.1, 0.15) is 5.82 Å². The molecule has 116 valence electrons. The number of amides is 1. The standard InChI is InChI=1S/C15H24N4O2/c1-2-9-16-14-8-7-13(17-18-14)15(21)19(10-4-11-20)12-5-3-6-12/h7-8,12,20H,2-6,9-11H2,1H3,(H,16,18). The third-order valence-electron chi connectivity index (χ3n) is 3.77. The van der Waals surface area contributed by atoms with Gasteiger partial charge >= 0.3 is 0 Å². The second-order valence-corrected chi connectivity index (χ2v) is 5.39. The fourth-order valence-corrected chi connectivity index (χ4v) is 2.33. The summed E-state index contributed by atoms with van der Waals surface area (Å²) in [4.78, 5) is 14.4. The normalized spacial score (nSPS) is 14.6. The first kappa shape index (κ1) is 15.7. The van der Waals surface area contributed by atoms with Crippen LogP contribution < -0.4 is 5.32 Å². The molecule has 1 aliphatic rings. The highest BCUT2D eigenvalue weighted by Gasteiger charge is 2.29. The summed E-state index contributed by atoms with van der Waals surface area (Å²) >= 11 is 0. The van der Waals surface area contributed by atoms with E-state index in [0.717, 1.165) is 25.8 Å². The van der Waals surface area contributed by atoms with Crippen molar-refractivity contribution < 1.29 is 9.90 Å². The van der Waals surface area contributed by atoms with Crippen LogP contribution in [0.2, 0.25) is 0 Å². The molecule has 2 N–H and O–H groups in total. The van der Waals surface area contributed by atoms with E-state index in [1.807, 2.05) is 4.90 Å². The number of hydrogen-bond donors (Lipinski definition) is 2. The molecule has 1 heterocycles. The molecule has 0 aromatic carbocycles. The molecular formula is C15H24N4O2. The number of aromatic nitrogens is 2. The molecule has 1 aromatic heterocycles. The molecule has 0 saturated heterocycles. The van der Waals surface area contributed by atoms with Gasteiger partial charge in [0.15, 0.2) is 5.69 Å². The zero-order valence-electron chi connectivity index (χ0n) is 12.6. The Morgan fingerprint density at radius 3 is 2.76 bits per heavy atom. The Morgan fingerprint density at radius 1 is 1.43 bits per heavy atom. The molecule has 0 unspecified atom stereocenters. The molecule has 1 aliphatic carbocycles. The molecule has 1 fully saturated rings. The number of anilines is 1. The lowest BCUT2D eigenvalue weighted by molar-refractivity contribution is 0.0555. The molecule has 2 rings (SSSR count). The molecule has 1 aromatic rings. The van der Waals surface area contributed by atoms with Crippen molar-refractivity contribution in [1.82, 2.24) is 15.1 Å². The second-order valence-electron chi connectivity index (χ2n) is 5.39. The molecule has 0 bridgehead atoms. The number of hydrogen-bond acceptors (Lipinski definition) is 5. The Bertz CT molecular complexity index is 445. The maximum atomic E-state index is 12.5. The highest BCUT2D eigenvalue weighted by molar-refractivity contribution is 5.92. The van der Waals surface area contributed by atoms with Crippen LogP contribution in [0.4, 0.5) is 5.82 Å². The zero-order chi connectivity index (χ0) is 15.1. The number of rotatable bonds is 8. The minimum Gasteiger partial charge on any atom is -0.396 e. The van der Waals surface area contributed by atoms with Gasteiger partial charge < -0.3 is 15.3 Å². The third kappa shape index (κ3) is 4.14. The summed E-state index contributed by atoms with van der Waals surface area (Å²) in [6.45, 7) is 3.60. The van der Waals surface area contributed by atoms with Gasteiger partial charge in [-0.05, 0) is 44.2 Å². The molecule has 1 saturated carbocycles. The number of carbonyl (C=O) groups is 1. The van der Waals surface area contributed by atoms with Crippen molar-refractivity contribution in [3.8, 4) is 0 Å². The fourth-order valence-electron chi connectivity index (χ4n) is 2.33. The van der Waals surface area contributed by atoms with Crippen LogP contribution in [0.25, 0.3) is 0 Å². The van der Waals surface area contributed by atoms with Gasteiger partial charge in [-0.3, -0.25) is 4.79 Å². The van der Waals surface area contributed by atoms with Crippen LogP contribution in [0.5, 0.6) is 0 Å². The van der Waals surface area contributed by atoms with Crippen molar-refractivity contribution in [2.75, 3.05) is 25.0 Å². The summed E-state index contributed by atoms with van der Waals surface area (Å²) in [5, 5.41) is 20.2. The topological polar surface area (TPSA) is 78.4 Å². The van der Waals surface area contributed by atoms with Crippen LogP contribution in [0.15, 0.2) is 12.1 Å². The fraction of sp³-hybridized carbons (Fsp3) is 0.667. The average Bonchev–Trinajstić information content (AvgIpc) is 2.47. The van der Waals surface area contributed by atoms with E-state index in [1.165, 1.54) is 6.42 Å². The van der Waals surface area contributed by atoms with Gasteiger partial charge in [0, 0.05) is 25.7 Å². The molecule has 1 amide bonds. The monoisotopic (exact) mass is 292 g/mol. The Hall–Kier alpha value is -1.69. The van der Waals surface area contributed by atoms with E-state index in [1.54, 1.807) is 12.1 Å². The zero-order valence-corrected chi connectivity index (χ0v) is 12.6. The van der Waals surface area contributed by atoms with E-state index in [0.29, 0.717) is 30.5 Å². The van der Waals surface area contributed by atoms with Gasteiger partial charge in [-0.1, -0.05) is 6.92 Å². The van der Waals surface area contributed by atoms with E-state index >= 15 is 0 Å². The SMILES string of the molecule is CCCNc1ccc(C(=O)N(CCCO)C2CCC2)nn1. The average molecular weight is 292 g/mol. The van der Waals surface area contributed by atoms with Crippen molar-refractivity contribution in [3.63, 3.8) is 0 Å². The lowest BCUT2D eigenvalue weighted by atomic mass is 9.91. The van der Waals surface area contributed by atoms with Gasteiger partial charge in [-0.15, -0.1) is 10.2 Å². The van der Waals surface area contributed by atoms with Gasteiger partial charge in [-0.2, -0.15) is 0 Å². The van der Waals surface area contributed by atoms with Crippen LogP contribution in [0.1, 0.15) is 49.5 Å². The van der Waals surface area contributed by atoms with E-state index in [2.05, 4.69) is 22.4 Å². The summed E-state index contributed by atoms with van der Waals surface area (Å²) in [6, 6.07) is 3.81. The Morgan fingerprint density at radius 2 is 2.24 bits per heavy atom.